The van der Waals surface area contributed by atoms with Crippen molar-refractivity contribution in [3.05, 3.63) is 41.9 Å². The first-order chi connectivity index (χ1) is 21.7. The topological polar surface area (TPSA) is 86.2 Å². The Morgan fingerprint density at radius 1 is 0.957 bits per heavy atom. The maximum absolute atomic E-state index is 12.5. The van der Waals surface area contributed by atoms with E-state index in [1.165, 1.54) is 12.8 Å². The number of allylic oxidation sites excluding steroid dienone is 1. The van der Waals surface area contributed by atoms with Gasteiger partial charge in [-0.2, -0.15) is 0 Å². The van der Waals surface area contributed by atoms with Crippen LogP contribution in [0.25, 0.3) is 0 Å². The Kier molecular flexibility index (Phi) is 20.7. The Morgan fingerprint density at radius 3 is 1.94 bits per heavy atom. The minimum Gasteiger partial charge on any atom is -0.513 e. The number of aldehydes is 1. The average molecular weight is 657 g/mol. The van der Waals surface area contributed by atoms with E-state index in [2.05, 4.69) is 83.6 Å². The van der Waals surface area contributed by atoms with Crippen LogP contribution in [0.15, 0.2) is 30.5 Å². The first kappa shape index (κ1) is 44.3. The molecule has 0 amide bonds. The van der Waals surface area contributed by atoms with Crippen molar-refractivity contribution in [2.24, 2.45) is 10.8 Å². The number of carbonyl (C=O) groups excluding carboxylic acids is 2. The van der Waals surface area contributed by atoms with Crippen molar-refractivity contribution in [3.8, 4) is 11.8 Å². The maximum atomic E-state index is 12.5. The smallest absolute Gasteiger partial charge is 0.320 e. The van der Waals surface area contributed by atoms with E-state index in [9.17, 15) is 14.7 Å². The van der Waals surface area contributed by atoms with E-state index in [4.69, 9.17) is 9.72 Å². The zero-order chi connectivity index (χ0) is 36.3. The largest absolute Gasteiger partial charge is 0.513 e. The summed E-state index contributed by atoms with van der Waals surface area (Å²) in [6.07, 6.45) is 4.59. The molecule has 0 spiro atoms. The van der Waals surface area contributed by atoms with E-state index in [0.717, 1.165) is 17.7 Å². The monoisotopic (exact) mass is 657 g/mol. The summed E-state index contributed by atoms with van der Waals surface area (Å²) in [5.74, 6) is 6.16. The number of aliphatic hydroxyl groups is 1. The molecule has 1 aromatic rings. The Balaban J connectivity index is 0.00000149. The van der Waals surface area contributed by atoms with Gasteiger partial charge in [0.2, 0.25) is 0 Å². The normalized spacial score (nSPS) is 15.9. The van der Waals surface area contributed by atoms with Gasteiger partial charge in [0, 0.05) is 45.7 Å². The fourth-order valence-electron chi connectivity index (χ4n) is 4.03. The summed E-state index contributed by atoms with van der Waals surface area (Å²) >= 11 is 0. The molecule has 1 aromatic heterocycles. The van der Waals surface area contributed by atoms with E-state index < -0.39 is 5.60 Å². The molecular weight excluding hydrogens is 588 g/mol. The number of rotatable bonds is 8. The molecule has 8 nitrogen and oxygen atoms in total. The van der Waals surface area contributed by atoms with Crippen LogP contribution in [0.2, 0.25) is 0 Å². The fraction of sp³-hybridized carbons (Fsp3) is 0.718. The second-order valence-electron chi connectivity index (χ2n) is 15.7. The SMILES string of the molecule is C=C(O)CCC(C#CC)N1CCN(CC=O)CCN(CC(=O)OC(C)(C)C)Cc2cccc(n2)C1.CCC(C)(C)C.CCC(C)(C)C. The van der Waals surface area contributed by atoms with Crippen molar-refractivity contribution < 1.29 is 19.4 Å². The summed E-state index contributed by atoms with van der Waals surface area (Å²) in [5, 5.41) is 9.63. The van der Waals surface area contributed by atoms with Crippen LogP contribution in [0.3, 0.4) is 0 Å². The van der Waals surface area contributed by atoms with Crippen LogP contribution in [-0.4, -0.2) is 88.0 Å². The fourth-order valence-corrected chi connectivity index (χ4v) is 4.03. The third-order valence-corrected chi connectivity index (χ3v) is 7.74. The lowest BCUT2D eigenvalue weighted by Crippen LogP contribution is -2.44. The number of pyridine rings is 1. The van der Waals surface area contributed by atoms with Gasteiger partial charge in [-0.25, -0.2) is 0 Å². The van der Waals surface area contributed by atoms with Crippen molar-refractivity contribution in [1.29, 1.82) is 0 Å². The van der Waals surface area contributed by atoms with Gasteiger partial charge in [0.15, 0.2) is 0 Å². The van der Waals surface area contributed by atoms with Crippen LogP contribution < -0.4 is 0 Å². The predicted octanol–water partition coefficient (Wildman–Crippen LogP) is 7.67. The molecule has 0 saturated heterocycles. The number of esters is 1. The summed E-state index contributed by atoms with van der Waals surface area (Å²) in [7, 11) is 0. The third kappa shape index (κ3) is 24.1. The zero-order valence-electron chi connectivity index (χ0n) is 32.0. The Hall–Kier alpha value is -2.73. The van der Waals surface area contributed by atoms with Crippen molar-refractivity contribution in [2.75, 3.05) is 39.3 Å². The molecule has 268 valence electrons. The van der Waals surface area contributed by atoms with E-state index >= 15 is 0 Å². The van der Waals surface area contributed by atoms with Crippen molar-refractivity contribution >= 4 is 12.3 Å². The number of hydrogen-bond donors (Lipinski definition) is 1. The zero-order valence-corrected chi connectivity index (χ0v) is 32.0. The second-order valence-corrected chi connectivity index (χ2v) is 15.7. The lowest BCUT2D eigenvalue weighted by Gasteiger charge is -2.33. The molecule has 47 heavy (non-hydrogen) atoms. The van der Waals surface area contributed by atoms with Crippen LogP contribution >= 0.6 is 0 Å². The van der Waals surface area contributed by atoms with Gasteiger partial charge in [0.25, 0.3) is 0 Å². The molecule has 0 saturated carbocycles. The Bertz CT molecular complexity index is 1100. The van der Waals surface area contributed by atoms with Crippen LogP contribution in [0.5, 0.6) is 0 Å². The predicted molar refractivity (Wildman–Crippen MR) is 196 cm³/mol. The van der Waals surface area contributed by atoms with Gasteiger partial charge in [-0.3, -0.25) is 24.5 Å². The first-order valence-electron chi connectivity index (χ1n) is 17.3. The molecule has 0 aliphatic carbocycles. The maximum Gasteiger partial charge on any atom is 0.320 e. The molecule has 1 N–H and O–H groups in total. The molecule has 1 unspecified atom stereocenters. The first-order valence-corrected chi connectivity index (χ1v) is 17.3. The molecule has 0 radical (unpaired) electrons. The summed E-state index contributed by atoms with van der Waals surface area (Å²) < 4.78 is 5.53. The summed E-state index contributed by atoms with van der Waals surface area (Å²) in [6, 6.07) is 5.87. The molecular formula is C39H68N4O4. The number of carbonyl (C=O) groups is 2. The highest BCUT2D eigenvalue weighted by molar-refractivity contribution is 5.72. The lowest BCUT2D eigenvalue weighted by atomic mass is 9.94. The van der Waals surface area contributed by atoms with E-state index in [0.29, 0.717) is 69.5 Å². The Morgan fingerprint density at radius 2 is 1.47 bits per heavy atom. The van der Waals surface area contributed by atoms with Crippen LogP contribution in [0.4, 0.5) is 0 Å². The highest BCUT2D eigenvalue weighted by Gasteiger charge is 2.23. The molecule has 1 aliphatic rings. The van der Waals surface area contributed by atoms with Crippen molar-refractivity contribution in [1.82, 2.24) is 19.7 Å². The quantitative estimate of drug-likeness (QED) is 0.132. The minimum absolute atomic E-state index is 0.0703. The minimum atomic E-state index is -0.547. The Labute approximate surface area is 288 Å². The van der Waals surface area contributed by atoms with Gasteiger partial charge in [0.05, 0.1) is 36.3 Å². The molecule has 2 rings (SSSR count). The molecule has 1 atom stereocenters. The van der Waals surface area contributed by atoms with E-state index in [1.807, 2.05) is 50.8 Å². The van der Waals surface area contributed by atoms with Gasteiger partial charge >= 0.3 is 5.97 Å². The number of fused-ring (bicyclic) bond motifs is 2. The molecule has 2 bridgehead atoms. The average Bonchev–Trinajstić information content (AvgIpc) is 2.94. The van der Waals surface area contributed by atoms with Gasteiger partial charge < -0.3 is 14.6 Å². The number of nitrogens with zero attached hydrogens (tertiary/aromatic N) is 4. The lowest BCUT2D eigenvalue weighted by molar-refractivity contribution is -0.156. The van der Waals surface area contributed by atoms with Crippen LogP contribution in [0.1, 0.15) is 120 Å². The number of hydrogen-bond acceptors (Lipinski definition) is 8. The second kappa shape index (κ2) is 22.0. The van der Waals surface area contributed by atoms with Gasteiger partial charge in [-0.1, -0.05) is 86.8 Å². The number of ether oxygens (including phenoxy) is 1. The molecule has 8 heteroatoms. The molecule has 2 heterocycles. The summed E-state index contributed by atoms with van der Waals surface area (Å²) in [4.78, 5) is 35.1. The summed E-state index contributed by atoms with van der Waals surface area (Å²) in [6.45, 7) is 33.0. The van der Waals surface area contributed by atoms with Gasteiger partial charge in [-0.05, 0) is 57.1 Å². The summed E-state index contributed by atoms with van der Waals surface area (Å²) in [5.41, 5.74) is 2.32. The standard InChI is InChI=1S/C27H40N4O4.2C6H14/c1-6-8-25(12-11-22(2)33)31-16-15-29(17-18-32)13-14-30(21-26(34)35-27(3,4)5)19-23-9-7-10-24(20-31)28-23;2*1-5-6(2,3)4/h7,9-10,18,25,33H,2,11-17,19-21H2,1,3-5H3;2*5H2,1-4H3. The molecule has 0 fully saturated rings. The highest BCUT2D eigenvalue weighted by atomic mass is 16.6. The van der Waals surface area contributed by atoms with Crippen molar-refractivity contribution in [2.45, 2.75) is 134 Å². The number of aromatic nitrogens is 1. The highest BCUT2D eigenvalue weighted by Crippen LogP contribution is 2.18. The van der Waals surface area contributed by atoms with Crippen LogP contribution in [0, 0.1) is 22.7 Å². The number of aliphatic hydroxyl groups excluding tert-OH is 1. The molecule has 0 aromatic carbocycles. The van der Waals surface area contributed by atoms with E-state index in [-0.39, 0.29) is 24.3 Å². The van der Waals surface area contributed by atoms with Crippen LogP contribution in [-0.2, 0) is 27.4 Å². The third-order valence-electron chi connectivity index (χ3n) is 7.74. The van der Waals surface area contributed by atoms with Gasteiger partial charge in [-0.15, -0.1) is 5.92 Å². The van der Waals surface area contributed by atoms with Gasteiger partial charge in [0.1, 0.15) is 11.9 Å². The van der Waals surface area contributed by atoms with Crippen molar-refractivity contribution in [3.63, 3.8) is 0 Å². The van der Waals surface area contributed by atoms with E-state index in [1.54, 1.807) is 0 Å². The molecule has 1 aliphatic heterocycles.